The van der Waals surface area contributed by atoms with Crippen LogP contribution in [0, 0.1) is 10.1 Å². The summed E-state index contributed by atoms with van der Waals surface area (Å²) >= 11 is 7.90. The van der Waals surface area contributed by atoms with Crippen LogP contribution in [0.1, 0.15) is 34.3 Å². The fourth-order valence-corrected chi connectivity index (χ4v) is 11.0. The van der Waals surface area contributed by atoms with Gasteiger partial charge in [0.2, 0.25) is 0 Å². The molecule has 3 aliphatic heterocycles. The number of thioether (sulfide) groups is 1. The summed E-state index contributed by atoms with van der Waals surface area (Å²) in [5, 5.41) is 19.9. The van der Waals surface area contributed by atoms with Gasteiger partial charge in [0.05, 0.1) is 9.82 Å². The molecule has 64 heavy (non-hydrogen) atoms. The molecule has 0 radical (unpaired) electrons. The number of piperazine rings is 2. The summed E-state index contributed by atoms with van der Waals surface area (Å²) in [4.78, 5) is 35.2. The Kier molecular flexibility index (Phi) is 14.6. The number of anilines is 2. The summed E-state index contributed by atoms with van der Waals surface area (Å²) < 4.78 is 29.3. The minimum absolute atomic E-state index is 0.147. The van der Waals surface area contributed by atoms with Crippen molar-refractivity contribution in [1.82, 2.24) is 24.7 Å². The third kappa shape index (κ3) is 11.4. The first-order valence-electron chi connectivity index (χ1n) is 21.7. The van der Waals surface area contributed by atoms with Gasteiger partial charge in [-0.2, -0.15) is 0 Å². The zero-order valence-electron chi connectivity index (χ0n) is 36.2. The SMILES string of the molecule is CN(C)CC[C@H](CSc1ccccc1)Nc1ccc(S(=O)(=O)NC(=O)c2cccc(N3CCN(Cc4cc(CN5C[C@H]6C[C@@H]5CN6)ccc4-c4ccc(Cl)cc4)CC3)c2)cc1[N+](=O)[O-]. The number of nitro benzene ring substituents is 1. The van der Waals surface area contributed by atoms with E-state index in [4.69, 9.17) is 11.6 Å². The van der Waals surface area contributed by atoms with E-state index in [0.717, 1.165) is 68.0 Å². The number of likely N-dealkylation sites (tertiary alicyclic amines) is 1. The number of fused-ring (bicyclic) bond motifs is 2. The van der Waals surface area contributed by atoms with Gasteiger partial charge in [-0.1, -0.05) is 66.2 Å². The van der Waals surface area contributed by atoms with Crippen LogP contribution in [0.5, 0.6) is 0 Å². The molecule has 3 aliphatic rings. The number of halogens is 1. The van der Waals surface area contributed by atoms with Gasteiger partial charge in [0, 0.05) is 103 Å². The Labute approximate surface area is 385 Å². The van der Waals surface area contributed by atoms with E-state index in [1.54, 1.807) is 30.0 Å². The van der Waals surface area contributed by atoms with Gasteiger partial charge >= 0.3 is 0 Å². The zero-order valence-corrected chi connectivity index (χ0v) is 38.5. The second-order valence-corrected chi connectivity index (χ2v) is 20.4. The standard InChI is InChI=1S/C48H55ClN8O5S2/c1-53(2)20-19-39(33-63-43-9-4-3-5-10-43)51-46-18-16-44(28-47(46)57(59)60)64(61,62)52-48(58)36-7-6-8-41(26-36)55-23-21-54(22-24-55)31-37-25-34(30-56-32-40-27-42(56)29-50-40)11-17-45(37)35-12-14-38(49)15-13-35/h3-18,25-26,28,39-40,42,50-51H,19-24,27,29-33H2,1-2H3,(H,52,58)/t39-,40-,42-/m1/s1. The molecule has 0 aromatic heterocycles. The average Bonchev–Trinajstić information content (AvgIpc) is 3.92. The molecule has 0 aliphatic carbocycles. The molecule has 336 valence electrons. The first-order chi connectivity index (χ1) is 30.9. The van der Waals surface area contributed by atoms with Gasteiger partial charge in [-0.05, 0) is 110 Å². The number of hydrogen-bond acceptors (Lipinski definition) is 12. The van der Waals surface area contributed by atoms with Crippen molar-refractivity contribution in [2.24, 2.45) is 0 Å². The Morgan fingerprint density at radius 3 is 2.42 bits per heavy atom. The lowest BCUT2D eigenvalue weighted by Gasteiger charge is -2.36. The first-order valence-corrected chi connectivity index (χ1v) is 24.6. The second kappa shape index (κ2) is 20.4. The van der Waals surface area contributed by atoms with E-state index < -0.39 is 26.5 Å². The Balaban J connectivity index is 0.907. The highest BCUT2D eigenvalue weighted by Gasteiger charge is 2.37. The zero-order chi connectivity index (χ0) is 44.8. The van der Waals surface area contributed by atoms with E-state index in [9.17, 15) is 23.3 Å². The van der Waals surface area contributed by atoms with E-state index in [-0.39, 0.29) is 22.2 Å². The van der Waals surface area contributed by atoms with Gasteiger partial charge in [-0.25, -0.2) is 13.1 Å². The Bertz CT molecular complexity index is 2540. The number of nitrogens with zero attached hydrogens (tertiary/aromatic N) is 5. The molecule has 3 heterocycles. The van der Waals surface area contributed by atoms with Crippen molar-refractivity contribution in [3.05, 3.63) is 147 Å². The molecule has 3 N–H and O–H groups in total. The van der Waals surface area contributed by atoms with Crippen LogP contribution in [0.4, 0.5) is 17.1 Å². The van der Waals surface area contributed by atoms with Crippen molar-refractivity contribution in [1.29, 1.82) is 0 Å². The maximum Gasteiger partial charge on any atom is 0.293 e. The van der Waals surface area contributed by atoms with E-state index >= 15 is 0 Å². The highest BCUT2D eigenvalue weighted by atomic mass is 35.5. The molecule has 0 unspecified atom stereocenters. The summed E-state index contributed by atoms with van der Waals surface area (Å²) in [5.41, 5.74) is 5.71. The molecule has 3 atom stereocenters. The maximum atomic E-state index is 13.6. The van der Waals surface area contributed by atoms with Crippen LogP contribution < -0.4 is 20.3 Å². The van der Waals surface area contributed by atoms with Crippen LogP contribution in [0.2, 0.25) is 5.02 Å². The van der Waals surface area contributed by atoms with E-state index in [2.05, 4.69) is 60.4 Å². The van der Waals surface area contributed by atoms with Crippen molar-refractivity contribution in [3.63, 3.8) is 0 Å². The van der Waals surface area contributed by atoms with Crippen LogP contribution in [0.25, 0.3) is 11.1 Å². The topological polar surface area (TPSA) is 143 Å². The van der Waals surface area contributed by atoms with Gasteiger partial charge in [0.1, 0.15) is 5.69 Å². The number of hydrogen-bond donors (Lipinski definition) is 3. The van der Waals surface area contributed by atoms with Gasteiger partial charge in [0.15, 0.2) is 0 Å². The predicted molar refractivity (Wildman–Crippen MR) is 257 cm³/mol. The predicted octanol–water partition coefficient (Wildman–Crippen LogP) is 7.43. The van der Waals surface area contributed by atoms with E-state index in [1.807, 2.05) is 67.5 Å². The summed E-state index contributed by atoms with van der Waals surface area (Å²) in [6.07, 6.45) is 1.92. The lowest BCUT2D eigenvalue weighted by molar-refractivity contribution is -0.384. The normalized spacial score (nSPS) is 18.3. The van der Waals surface area contributed by atoms with Gasteiger partial charge in [-0.3, -0.25) is 24.7 Å². The van der Waals surface area contributed by atoms with Crippen molar-refractivity contribution in [2.75, 3.05) is 75.9 Å². The minimum Gasteiger partial charge on any atom is -0.376 e. The van der Waals surface area contributed by atoms with E-state index in [1.165, 1.54) is 35.2 Å². The number of amides is 1. The van der Waals surface area contributed by atoms with Crippen LogP contribution in [-0.2, 0) is 23.1 Å². The van der Waals surface area contributed by atoms with Gasteiger partial charge in [0.25, 0.3) is 21.6 Å². The van der Waals surface area contributed by atoms with Crippen molar-refractivity contribution >= 4 is 56.4 Å². The fraction of sp³-hybridized carbons (Fsp3) is 0.354. The molecule has 0 saturated carbocycles. The largest absolute Gasteiger partial charge is 0.376 e. The molecule has 1 amide bonds. The third-order valence-corrected chi connectivity index (χ3v) is 15.1. The molecule has 0 spiro atoms. The van der Waals surface area contributed by atoms with E-state index in [0.29, 0.717) is 42.4 Å². The van der Waals surface area contributed by atoms with Crippen molar-refractivity contribution in [2.45, 2.75) is 53.8 Å². The summed E-state index contributed by atoms with van der Waals surface area (Å²) in [5.74, 6) is -0.182. The van der Waals surface area contributed by atoms with Crippen LogP contribution in [0.3, 0.4) is 0 Å². The number of nitro groups is 1. The Morgan fingerprint density at radius 2 is 1.72 bits per heavy atom. The highest BCUT2D eigenvalue weighted by molar-refractivity contribution is 7.99. The quantitative estimate of drug-likeness (QED) is 0.0457. The number of carbonyl (C=O) groups excluding carboxylic acids is 1. The number of benzene rings is 5. The van der Waals surface area contributed by atoms with Crippen LogP contribution in [0.15, 0.2) is 125 Å². The maximum absolute atomic E-state index is 13.6. The van der Waals surface area contributed by atoms with Crippen molar-refractivity contribution in [3.8, 4) is 11.1 Å². The van der Waals surface area contributed by atoms with Gasteiger partial charge in [-0.15, -0.1) is 11.8 Å². The third-order valence-electron chi connectivity index (χ3n) is 12.3. The van der Waals surface area contributed by atoms with Crippen LogP contribution in [-0.4, -0.2) is 118 Å². The lowest BCUT2D eigenvalue weighted by Crippen LogP contribution is -2.46. The first kappa shape index (κ1) is 45.6. The molecule has 3 saturated heterocycles. The number of rotatable bonds is 18. The van der Waals surface area contributed by atoms with Gasteiger partial charge < -0.3 is 20.4 Å². The molecule has 3 fully saturated rings. The lowest BCUT2D eigenvalue weighted by atomic mass is 9.96. The number of sulfonamides is 1. The number of nitrogens with one attached hydrogen (secondary N) is 3. The van der Waals surface area contributed by atoms with Crippen molar-refractivity contribution < 1.29 is 18.1 Å². The monoisotopic (exact) mass is 922 g/mol. The molecular formula is C48H55ClN8O5S2. The summed E-state index contributed by atoms with van der Waals surface area (Å²) in [6.45, 7) is 7.64. The Hall–Kier alpha value is -5.00. The summed E-state index contributed by atoms with van der Waals surface area (Å²) in [6, 6.07) is 36.5. The molecule has 2 bridgehead atoms. The fourth-order valence-electron chi connectivity index (χ4n) is 8.85. The second-order valence-electron chi connectivity index (χ2n) is 17.2. The molecule has 5 aromatic rings. The minimum atomic E-state index is -4.46. The molecule has 13 nitrogen and oxygen atoms in total. The smallest absolute Gasteiger partial charge is 0.293 e. The highest BCUT2D eigenvalue weighted by Crippen LogP contribution is 2.33. The molecule has 8 rings (SSSR count). The molecular weight excluding hydrogens is 868 g/mol. The number of carbonyl (C=O) groups is 1. The molecule has 16 heteroatoms. The molecule has 5 aromatic carbocycles. The van der Waals surface area contributed by atoms with Crippen LogP contribution >= 0.6 is 23.4 Å². The average molecular weight is 924 g/mol. The Morgan fingerprint density at radius 1 is 0.938 bits per heavy atom. The summed E-state index contributed by atoms with van der Waals surface area (Å²) in [7, 11) is -0.536.